The molecule has 5 heteroatoms. The van der Waals surface area contributed by atoms with Gasteiger partial charge in [0.2, 0.25) is 0 Å². The maximum Gasteiger partial charge on any atom is 0.318 e. The van der Waals surface area contributed by atoms with E-state index in [4.69, 9.17) is 0 Å². The summed E-state index contributed by atoms with van der Waals surface area (Å²) in [4.78, 5) is 14.6. The Kier molecular flexibility index (Phi) is 3.68. The van der Waals surface area contributed by atoms with E-state index in [2.05, 4.69) is 27.3 Å². The number of aromatic nitrogens is 2. The van der Waals surface area contributed by atoms with E-state index < -0.39 is 0 Å². The Morgan fingerprint density at radius 2 is 2.30 bits per heavy atom. The average Bonchev–Trinajstić information content (AvgIpc) is 2.98. The van der Waals surface area contributed by atoms with Crippen molar-refractivity contribution in [1.29, 1.82) is 0 Å². The summed E-state index contributed by atoms with van der Waals surface area (Å²) >= 11 is 0. The molecule has 20 heavy (non-hydrogen) atoms. The molecule has 2 amide bonds. The molecule has 3 atom stereocenters. The van der Waals surface area contributed by atoms with Crippen LogP contribution in [0, 0.1) is 12.8 Å². The number of urea groups is 1. The minimum atomic E-state index is 0.0903. The van der Waals surface area contributed by atoms with Crippen molar-refractivity contribution in [3.05, 3.63) is 17.5 Å². The number of nitrogens with one attached hydrogen (secondary N) is 2. The van der Waals surface area contributed by atoms with Crippen molar-refractivity contribution >= 4 is 6.03 Å². The normalized spacial score (nSPS) is 29.3. The van der Waals surface area contributed by atoms with E-state index >= 15 is 0 Å². The molecule has 1 aromatic heterocycles. The predicted octanol–water partition coefficient (Wildman–Crippen LogP) is 2.58. The Balaban J connectivity index is 1.63. The van der Waals surface area contributed by atoms with Crippen LogP contribution in [0.5, 0.6) is 0 Å². The van der Waals surface area contributed by atoms with Crippen molar-refractivity contribution in [2.45, 2.75) is 64.6 Å². The standard InChI is InChI=1S/C15H24N4O/c1-10-7-12-5-3-4-6-14(12)19(10)15(20)16-8-13-9-17-18-11(13)2/h9-10,12,14H,3-8H2,1-2H3,(H,16,20)(H,17,18). The highest BCUT2D eigenvalue weighted by molar-refractivity contribution is 5.75. The van der Waals surface area contributed by atoms with Gasteiger partial charge in [0, 0.05) is 29.9 Å². The van der Waals surface area contributed by atoms with Gasteiger partial charge in [-0.15, -0.1) is 0 Å². The van der Waals surface area contributed by atoms with Crippen LogP contribution in [0.2, 0.25) is 0 Å². The first-order chi connectivity index (χ1) is 9.66. The third-order valence-electron chi connectivity index (χ3n) is 4.94. The Morgan fingerprint density at radius 1 is 1.50 bits per heavy atom. The number of hydrogen-bond acceptors (Lipinski definition) is 2. The molecule has 2 fully saturated rings. The lowest BCUT2D eigenvalue weighted by atomic mass is 9.85. The van der Waals surface area contributed by atoms with Gasteiger partial charge in [0.1, 0.15) is 0 Å². The summed E-state index contributed by atoms with van der Waals surface area (Å²) in [7, 11) is 0. The van der Waals surface area contributed by atoms with E-state index in [-0.39, 0.29) is 6.03 Å². The number of H-pyrrole nitrogens is 1. The maximum absolute atomic E-state index is 12.5. The van der Waals surface area contributed by atoms with Gasteiger partial charge in [-0.1, -0.05) is 12.8 Å². The summed E-state index contributed by atoms with van der Waals surface area (Å²) in [5.74, 6) is 0.722. The molecule has 2 N–H and O–H groups in total. The first-order valence-corrected chi connectivity index (χ1v) is 7.72. The zero-order valence-electron chi connectivity index (χ0n) is 12.4. The van der Waals surface area contributed by atoms with Crippen LogP contribution in [0.1, 0.15) is 50.3 Å². The molecule has 1 aliphatic carbocycles. The van der Waals surface area contributed by atoms with Crippen LogP contribution < -0.4 is 5.32 Å². The van der Waals surface area contributed by atoms with E-state index in [1.165, 1.54) is 32.1 Å². The number of nitrogens with zero attached hydrogens (tertiary/aromatic N) is 2. The SMILES string of the molecule is Cc1[nH]ncc1CNC(=O)N1C(C)CC2CCCCC21. The zero-order valence-corrected chi connectivity index (χ0v) is 12.4. The molecule has 0 radical (unpaired) electrons. The molecular formula is C15H24N4O. The third-order valence-corrected chi connectivity index (χ3v) is 4.94. The Morgan fingerprint density at radius 3 is 3.05 bits per heavy atom. The van der Waals surface area contributed by atoms with Crippen LogP contribution in [0.3, 0.4) is 0 Å². The average molecular weight is 276 g/mol. The van der Waals surface area contributed by atoms with Crippen molar-refractivity contribution in [1.82, 2.24) is 20.4 Å². The van der Waals surface area contributed by atoms with E-state index in [0.717, 1.165) is 17.2 Å². The van der Waals surface area contributed by atoms with Gasteiger partial charge in [-0.25, -0.2) is 4.79 Å². The quantitative estimate of drug-likeness (QED) is 0.872. The van der Waals surface area contributed by atoms with Crippen LogP contribution in [-0.2, 0) is 6.54 Å². The second-order valence-corrected chi connectivity index (χ2v) is 6.28. The highest BCUT2D eigenvalue weighted by Crippen LogP contribution is 2.39. The lowest BCUT2D eigenvalue weighted by Crippen LogP contribution is -2.47. The molecule has 1 aliphatic heterocycles. The Labute approximate surface area is 120 Å². The van der Waals surface area contributed by atoms with Gasteiger partial charge < -0.3 is 10.2 Å². The maximum atomic E-state index is 12.5. The molecule has 3 rings (SSSR count). The van der Waals surface area contributed by atoms with Gasteiger partial charge in [0.05, 0.1) is 6.20 Å². The zero-order chi connectivity index (χ0) is 14.1. The first-order valence-electron chi connectivity index (χ1n) is 7.72. The number of likely N-dealkylation sites (tertiary alicyclic amines) is 1. The highest BCUT2D eigenvalue weighted by Gasteiger charge is 2.42. The number of aryl methyl sites for hydroxylation is 1. The minimum Gasteiger partial charge on any atom is -0.334 e. The van der Waals surface area contributed by atoms with E-state index in [9.17, 15) is 4.79 Å². The van der Waals surface area contributed by atoms with Gasteiger partial charge in [-0.05, 0) is 39.0 Å². The summed E-state index contributed by atoms with van der Waals surface area (Å²) in [6, 6.07) is 0.922. The first kappa shape index (κ1) is 13.5. The molecule has 1 aromatic rings. The predicted molar refractivity (Wildman–Crippen MR) is 77.2 cm³/mol. The van der Waals surface area contributed by atoms with Crippen molar-refractivity contribution in [2.24, 2.45) is 5.92 Å². The summed E-state index contributed by atoms with van der Waals surface area (Å²) in [5.41, 5.74) is 2.08. The van der Waals surface area contributed by atoms with Crippen LogP contribution in [-0.4, -0.2) is 33.2 Å². The number of rotatable bonds is 2. The number of carbonyl (C=O) groups excluding carboxylic acids is 1. The van der Waals surface area contributed by atoms with Crippen LogP contribution in [0.25, 0.3) is 0 Å². The molecule has 0 spiro atoms. The largest absolute Gasteiger partial charge is 0.334 e. The fourth-order valence-corrected chi connectivity index (χ4v) is 3.87. The summed E-state index contributed by atoms with van der Waals surface area (Å²) < 4.78 is 0. The number of aromatic amines is 1. The second kappa shape index (κ2) is 5.46. The van der Waals surface area contributed by atoms with Crippen molar-refractivity contribution in [2.75, 3.05) is 0 Å². The molecular weight excluding hydrogens is 252 g/mol. The Hall–Kier alpha value is -1.52. The second-order valence-electron chi connectivity index (χ2n) is 6.28. The molecule has 1 saturated carbocycles. The highest BCUT2D eigenvalue weighted by atomic mass is 16.2. The van der Waals surface area contributed by atoms with E-state index in [1.54, 1.807) is 6.20 Å². The molecule has 2 heterocycles. The summed E-state index contributed by atoms with van der Waals surface area (Å²) in [6.07, 6.45) is 8.01. The van der Waals surface area contributed by atoms with Crippen molar-refractivity contribution in [3.8, 4) is 0 Å². The topological polar surface area (TPSA) is 61.0 Å². The van der Waals surface area contributed by atoms with Gasteiger partial charge in [0.25, 0.3) is 0 Å². The molecule has 3 unspecified atom stereocenters. The van der Waals surface area contributed by atoms with E-state index in [0.29, 0.717) is 18.6 Å². The fourth-order valence-electron chi connectivity index (χ4n) is 3.87. The molecule has 1 saturated heterocycles. The van der Waals surface area contributed by atoms with Crippen molar-refractivity contribution in [3.63, 3.8) is 0 Å². The number of amides is 2. The van der Waals surface area contributed by atoms with Crippen LogP contribution >= 0.6 is 0 Å². The molecule has 110 valence electrons. The summed E-state index contributed by atoms with van der Waals surface area (Å²) in [6.45, 7) is 4.72. The van der Waals surface area contributed by atoms with Crippen molar-refractivity contribution < 1.29 is 4.79 Å². The van der Waals surface area contributed by atoms with Gasteiger partial charge in [0.15, 0.2) is 0 Å². The number of hydrogen-bond donors (Lipinski definition) is 2. The number of fused-ring (bicyclic) bond motifs is 1. The lowest BCUT2D eigenvalue weighted by molar-refractivity contribution is 0.155. The fraction of sp³-hybridized carbons (Fsp3) is 0.733. The number of carbonyl (C=O) groups is 1. The minimum absolute atomic E-state index is 0.0903. The van der Waals surface area contributed by atoms with Crippen LogP contribution in [0.15, 0.2) is 6.20 Å². The smallest absolute Gasteiger partial charge is 0.318 e. The molecule has 5 nitrogen and oxygen atoms in total. The molecule has 0 bridgehead atoms. The van der Waals surface area contributed by atoms with E-state index in [1.807, 2.05) is 6.92 Å². The monoisotopic (exact) mass is 276 g/mol. The van der Waals surface area contributed by atoms with Gasteiger partial charge >= 0.3 is 6.03 Å². The lowest BCUT2D eigenvalue weighted by Gasteiger charge is -2.33. The molecule has 2 aliphatic rings. The summed E-state index contributed by atoms with van der Waals surface area (Å²) in [5, 5.41) is 9.95. The third kappa shape index (κ3) is 2.41. The van der Waals surface area contributed by atoms with Gasteiger partial charge in [-0.2, -0.15) is 5.10 Å². The molecule has 0 aromatic carbocycles. The van der Waals surface area contributed by atoms with Gasteiger partial charge in [-0.3, -0.25) is 5.10 Å². The Bertz CT molecular complexity index is 484. The van der Waals surface area contributed by atoms with Crippen LogP contribution in [0.4, 0.5) is 4.79 Å².